The molecule has 0 atom stereocenters. The molecule has 0 radical (unpaired) electrons. The largest absolute Gasteiger partial charge is 0.494 e. The fourth-order valence-electron chi connectivity index (χ4n) is 4.09. The molecule has 4 aromatic rings. The first-order valence-corrected chi connectivity index (χ1v) is 10.9. The zero-order valence-electron chi connectivity index (χ0n) is 17.9. The topological polar surface area (TPSA) is 117 Å². The van der Waals surface area contributed by atoms with Crippen LogP contribution < -0.4 is 20.1 Å². The number of methoxy groups -OCH3 is 2. The van der Waals surface area contributed by atoms with E-state index in [0.29, 0.717) is 45.7 Å². The third kappa shape index (κ3) is 3.21. The molecule has 0 aliphatic heterocycles. The normalized spacial score (nSPS) is 15.8. The smallest absolute Gasteiger partial charge is 0.323 e. The lowest BCUT2D eigenvalue weighted by atomic mass is 10.2. The second-order valence-corrected chi connectivity index (χ2v) is 8.45. The van der Waals surface area contributed by atoms with Gasteiger partial charge in [0.2, 0.25) is 0 Å². The maximum Gasteiger partial charge on any atom is 0.323 e. The third-order valence-electron chi connectivity index (χ3n) is 6.11. The van der Waals surface area contributed by atoms with E-state index in [1.807, 2.05) is 24.3 Å². The van der Waals surface area contributed by atoms with Gasteiger partial charge < -0.3 is 30.1 Å². The first kappa shape index (κ1) is 19.0. The number of rotatable bonds is 6. The number of ether oxygens (including phenoxy) is 2. The van der Waals surface area contributed by atoms with Crippen LogP contribution in [0.4, 0.5) is 16.2 Å². The van der Waals surface area contributed by atoms with Gasteiger partial charge in [-0.3, -0.25) is 0 Å². The summed E-state index contributed by atoms with van der Waals surface area (Å²) in [7, 11) is 3.25. The lowest BCUT2D eigenvalue weighted by molar-refractivity contribution is 0.262. The van der Waals surface area contributed by atoms with Gasteiger partial charge in [0.05, 0.1) is 25.6 Å². The van der Waals surface area contributed by atoms with Gasteiger partial charge in [-0.05, 0) is 49.9 Å². The Balaban J connectivity index is 1.30. The number of carbonyl (C=O) groups excluding carboxylic acids is 1. The first-order chi connectivity index (χ1) is 15.6. The van der Waals surface area contributed by atoms with Gasteiger partial charge in [-0.1, -0.05) is 0 Å². The molecule has 164 valence electrons. The van der Waals surface area contributed by atoms with Gasteiger partial charge in [-0.25, -0.2) is 14.8 Å². The van der Waals surface area contributed by atoms with E-state index in [1.54, 1.807) is 14.2 Å². The maximum atomic E-state index is 12.9. The standard InChI is InChI=1S/C23H24N6O3/c1-31-15-9-7-13(17-19(15)28-21(26-17)11-3-4-11)24-23(30)25-14-8-10-16(32-2)20-18(14)27-22(29-20)12-5-6-12/h7-12H,3-6H2,1-2H3,(H,26,28)(H,27,29)(H2,24,25,30). The summed E-state index contributed by atoms with van der Waals surface area (Å²) in [5, 5.41) is 5.87. The summed E-state index contributed by atoms with van der Waals surface area (Å²) in [4.78, 5) is 29.1. The molecule has 2 saturated carbocycles. The van der Waals surface area contributed by atoms with Gasteiger partial charge in [0.1, 0.15) is 45.2 Å². The molecule has 4 N–H and O–H groups in total. The van der Waals surface area contributed by atoms with Crippen LogP contribution in [0.25, 0.3) is 22.1 Å². The van der Waals surface area contributed by atoms with E-state index < -0.39 is 0 Å². The molecular weight excluding hydrogens is 408 g/mol. The Labute approximate surface area is 183 Å². The summed E-state index contributed by atoms with van der Waals surface area (Å²) in [6.07, 6.45) is 4.52. The number of hydrogen-bond donors (Lipinski definition) is 4. The van der Waals surface area contributed by atoms with Gasteiger partial charge >= 0.3 is 6.03 Å². The lowest BCUT2D eigenvalue weighted by Crippen LogP contribution is -2.20. The Morgan fingerprint density at radius 3 is 1.62 bits per heavy atom. The van der Waals surface area contributed by atoms with Crippen molar-refractivity contribution >= 4 is 39.5 Å². The summed E-state index contributed by atoms with van der Waals surface area (Å²) in [5.74, 6) is 4.20. The van der Waals surface area contributed by atoms with Gasteiger partial charge in [0, 0.05) is 11.8 Å². The Kier molecular flexibility index (Phi) is 4.24. The quantitative estimate of drug-likeness (QED) is 0.347. The predicted octanol–water partition coefficient (Wildman–Crippen LogP) is 4.86. The Morgan fingerprint density at radius 1 is 0.812 bits per heavy atom. The molecule has 0 bridgehead atoms. The van der Waals surface area contributed by atoms with E-state index in [0.717, 1.165) is 48.4 Å². The van der Waals surface area contributed by atoms with Gasteiger partial charge in [-0.15, -0.1) is 0 Å². The monoisotopic (exact) mass is 432 g/mol. The van der Waals surface area contributed by atoms with Crippen LogP contribution in [0.1, 0.15) is 49.2 Å². The predicted molar refractivity (Wildman–Crippen MR) is 122 cm³/mol. The molecule has 0 saturated heterocycles. The highest BCUT2D eigenvalue weighted by atomic mass is 16.5. The summed E-state index contributed by atoms with van der Waals surface area (Å²) in [6, 6.07) is 6.90. The highest BCUT2D eigenvalue weighted by Crippen LogP contribution is 2.42. The number of aromatic nitrogens is 4. The van der Waals surface area contributed by atoms with Crippen molar-refractivity contribution < 1.29 is 14.3 Å². The summed E-state index contributed by atoms with van der Waals surface area (Å²) >= 11 is 0. The minimum Gasteiger partial charge on any atom is -0.494 e. The van der Waals surface area contributed by atoms with Gasteiger partial charge in [0.25, 0.3) is 0 Å². The maximum absolute atomic E-state index is 12.9. The minimum absolute atomic E-state index is 0.366. The third-order valence-corrected chi connectivity index (χ3v) is 6.11. The number of carbonyl (C=O) groups is 1. The molecule has 2 aromatic carbocycles. The summed E-state index contributed by atoms with van der Waals surface area (Å²) in [6.45, 7) is 0. The molecule has 0 spiro atoms. The number of amides is 2. The molecule has 2 fully saturated rings. The second kappa shape index (κ2) is 7.15. The zero-order valence-corrected chi connectivity index (χ0v) is 17.9. The van der Waals surface area contributed by atoms with Crippen LogP contribution in [0.5, 0.6) is 11.5 Å². The number of nitrogens with one attached hydrogen (secondary N) is 4. The van der Waals surface area contributed by atoms with Crippen molar-refractivity contribution in [1.29, 1.82) is 0 Å². The highest BCUT2D eigenvalue weighted by molar-refractivity contribution is 6.08. The number of imidazole rings is 2. The van der Waals surface area contributed by atoms with Crippen molar-refractivity contribution in [3.05, 3.63) is 35.9 Å². The number of aromatic amines is 2. The van der Waals surface area contributed by atoms with Crippen molar-refractivity contribution in [3.63, 3.8) is 0 Å². The molecule has 0 unspecified atom stereocenters. The summed E-state index contributed by atoms with van der Waals surface area (Å²) in [5.41, 5.74) is 4.20. The number of urea groups is 1. The number of anilines is 2. The number of hydrogen-bond acceptors (Lipinski definition) is 5. The van der Waals surface area contributed by atoms with Gasteiger partial charge in [0.15, 0.2) is 0 Å². The van der Waals surface area contributed by atoms with Crippen LogP contribution in [-0.2, 0) is 0 Å². The molecule has 9 nitrogen and oxygen atoms in total. The Bertz CT molecular complexity index is 1250. The van der Waals surface area contributed by atoms with E-state index >= 15 is 0 Å². The molecule has 6 rings (SSSR count). The molecule has 2 heterocycles. The van der Waals surface area contributed by atoms with E-state index in [-0.39, 0.29) is 6.03 Å². The van der Waals surface area contributed by atoms with Crippen molar-refractivity contribution in [1.82, 2.24) is 19.9 Å². The molecule has 2 aliphatic rings. The van der Waals surface area contributed by atoms with Crippen LogP contribution >= 0.6 is 0 Å². The summed E-state index contributed by atoms with van der Waals surface area (Å²) < 4.78 is 10.9. The molecule has 2 aromatic heterocycles. The van der Waals surface area contributed by atoms with Crippen molar-refractivity contribution in [3.8, 4) is 11.5 Å². The molecule has 2 aliphatic carbocycles. The average Bonchev–Trinajstić information content (AvgIpc) is 3.73. The van der Waals surface area contributed by atoms with Crippen LogP contribution in [0.2, 0.25) is 0 Å². The van der Waals surface area contributed by atoms with E-state index in [9.17, 15) is 4.79 Å². The number of fused-ring (bicyclic) bond motifs is 2. The van der Waals surface area contributed by atoms with Crippen molar-refractivity contribution in [2.75, 3.05) is 24.9 Å². The minimum atomic E-state index is -0.366. The molecule has 32 heavy (non-hydrogen) atoms. The first-order valence-electron chi connectivity index (χ1n) is 10.9. The van der Waals surface area contributed by atoms with Crippen LogP contribution in [0.3, 0.4) is 0 Å². The Morgan fingerprint density at radius 2 is 1.25 bits per heavy atom. The van der Waals surface area contributed by atoms with Crippen molar-refractivity contribution in [2.24, 2.45) is 0 Å². The molecular formula is C23H24N6O3. The fraction of sp³-hybridized carbons (Fsp3) is 0.348. The number of H-pyrrole nitrogens is 2. The van der Waals surface area contributed by atoms with Crippen LogP contribution in [0.15, 0.2) is 24.3 Å². The van der Waals surface area contributed by atoms with E-state index in [1.165, 1.54) is 0 Å². The Hall–Kier alpha value is -3.75. The zero-order chi connectivity index (χ0) is 21.8. The van der Waals surface area contributed by atoms with Crippen LogP contribution in [0, 0.1) is 0 Å². The number of nitrogens with zero attached hydrogens (tertiary/aromatic N) is 2. The lowest BCUT2D eigenvalue weighted by Gasteiger charge is -2.11. The molecule has 2 amide bonds. The van der Waals surface area contributed by atoms with Crippen LogP contribution in [-0.4, -0.2) is 40.2 Å². The molecule has 9 heteroatoms. The van der Waals surface area contributed by atoms with Crippen molar-refractivity contribution in [2.45, 2.75) is 37.5 Å². The fourth-order valence-corrected chi connectivity index (χ4v) is 4.09. The van der Waals surface area contributed by atoms with Gasteiger partial charge in [-0.2, -0.15) is 0 Å². The number of benzene rings is 2. The highest BCUT2D eigenvalue weighted by Gasteiger charge is 2.29. The van der Waals surface area contributed by atoms with E-state index in [4.69, 9.17) is 19.4 Å². The average molecular weight is 432 g/mol. The SMILES string of the molecule is COc1ccc(NC(=O)Nc2ccc(OC)c3[nH]c(C4CC4)nc23)c2nc(C3CC3)[nH]c12. The van der Waals surface area contributed by atoms with E-state index in [2.05, 4.69) is 20.6 Å². The second-order valence-electron chi connectivity index (χ2n) is 8.45.